The van der Waals surface area contributed by atoms with Gasteiger partial charge in [0.05, 0.1) is 27.7 Å². The molecular weight excluding hydrogens is 510 g/mol. The molecule has 0 unspecified atom stereocenters. The number of methoxy groups -OCH3 is 1. The number of anilines is 1. The smallest absolute Gasteiger partial charge is 0.269 e. The minimum atomic E-state index is -4.13. The van der Waals surface area contributed by atoms with Crippen LogP contribution in [-0.4, -0.2) is 60.1 Å². The summed E-state index contributed by atoms with van der Waals surface area (Å²) < 4.78 is 34.5. The Kier molecular flexibility index (Phi) is 9.02. The molecule has 3 aromatic rings. The van der Waals surface area contributed by atoms with Gasteiger partial charge in [-0.25, -0.2) is 13.1 Å². The zero-order valence-corrected chi connectivity index (χ0v) is 23.0. The summed E-state index contributed by atoms with van der Waals surface area (Å²) in [6.45, 7) is 7.83. The maximum Gasteiger partial charge on any atom is 0.269 e. The van der Waals surface area contributed by atoms with Crippen molar-refractivity contribution in [3.05, 3.63) is 76.0 Å². The number of benzene rings is 2. The first-order valence-corrected chi connectivity index (χ1v) is 13.5. The van der Waals surface area contributed by atoms with Crippen molar-refractivity contribution in [1.29, 1.82) is 0 Å². The summed E-state index contributed by atoms with van der Waals surface area (Å²) in [5.41, 5.74) is 2.01. The van der Waals surface area contributed by atoms with E-state index in [1.54, 1.807) is 10.7 Å². The Hall–Kier alpha value is -3.61. The molecule has 0 saturated carbocycles. The summed E-state index contributed by atoms with van der Waals surface area (Å²) >= 11 is 0. The molecule has 0 saturated heterocycles. The number of rotatable bonds is 11. The molecular formula is C26H33N5O6S. The molecule has 12 heteroatoms. The highest BCUT2D eigenvalue weighted by molar-refractivity contribution is 7.89. The van der Waals surface area contributed by atoms with Gasteiger partial charge in [-0.3, -0.25) is 14.9 Å². The average molecular weight is 544 g/mol. The largest absolute Gasteiger partial charge is 0.385 e. The van der Waals surface area contributed by atoms with E-state index in [2.05, 4.69) is 5.32 Å². The highest BCUT2D eigenvalue weighted by Gasteiger charge is 2.28. The van der Waals surface area contributed by atoms with Crippen molar-refractivity contribution >= 4 is 27.4 Å². The van der Waals surface area contributed by atoms with Gasteiger partial charge in [0.25, 0.3) is 5.69 Å². The molecule has 1 heterocycles. The van der Waals surface area contributed by atoms with Crippen LogP contribution in [0.25, 0.3) is 5.69 Å². The summed E-state index contributed by atoms with van der Waals surface area (Å²) in [7, 11) is -2.62. The first-order chi connectivity index (χ1) is 17.8. The van der Waals surface area contributed by atoms with Crippen LogP contribution in [0.4, 0.5) is 11.5 Å². The Morgan fingerprint density at radius 2 is 1.84 bits per heavy atom. The quantitative estimate of drug-likeness (QED) is 0.219. The van der Waals surface area contributed by atoms with Crippen molar-refractivity contribution in [3.8, 4) is 5.69 Å². The van der Waals surface area contributed by atoms with E-state index in [1.165, 1.54) is 7.11 Å². The fourth-order valence-corrected chi connectivity index (χ4v) is 5.13. The molecule has 1 amide bonds. The summed E-state index contributed by atoms with van der Waals surface area (Å²) in [5.74, 6) is -0.141. The monoisotopic (exact) mass is 543 g/mol. The molecule has 0 spiro atoms. The van der Waals surface area contributed by atoms with Crippen LogP contribution in [0.1, 0.15) is 38.4 Å². The molecule has 3 rings (SSSR count). The molecule has 2 aromatic carbocycles. The molecule has 11 nitrogen and oxygen atoms in total. The predicted molar refractivity (Wildman–Crippen MR) is 144 cm³/mol. The molecule has 1 aromatic heterocycles. The van der Waals surface area contributed by atoms with Crippen LogP contribution < -0.4 is 5.32 Å². The third kappa shape index (κ3) is 7.03. The van der Waals surface area contributed by atoms with Gasteiger partial charge in [-0.2, -0.15) is 9.40 Å². The predicted octanol–water partition coefficient (Wildman–Crippen LogP) is 4.05. The summed E-state index contributed by atoms with van der Waals surface area (Å²) in [6.07, 6.45) is 0.353. The maximum atomic E-state index is 13.4. The number of nitro benzene ring substituents is 1. The number of aromatic nitrogens is 2. The normalized spacial score (nSPS) is 12.1. The standard InChI is InChI=1S/C26H33N5O6S/c1-19-8-6-9-21(16-19)30-24(17-23(28-30)26(2,3)4)27-25(32)18-29(14-7-15-37-5)38(35,36)22-12-10-20(11-13-22)31(33)34/h6,8-13,16-17H,7,14-15,18H2,1-5H3,(H,27,32). The number of sulfonamides is 1. The zero-order chi connectivity index (χ0) is 28.1. The second kappa shape index (κ2) is 11.8. The van der Waals surface area contributed by atoms with Crippen molar-refractivity contribution in [2.75, 3.05) is 32.1 Å². The van der Waals surface area contributed by atoms with Crippen LogP contribution in [-0.2, 0) is 25.0 Å². The van der Waals surface area contributed by atoms with Gasteiger partial charge in [-0.15, -0.1) is 0 Å². The van der Waals surface area contributed by atoms with Gasteiger partial charge in [0, 0.05) is 43.9 Å². The molecule has 0 fully saturated rings. The molecule has 0 radical (unpaired) electrons. The van der Waals surface area contributed by atoms with Crippen molar-refractivity contribution in [3.63, 3.8) is 0 Å². The molecule has 0 aliphatic rings. The van der Waals surface area contributed by atoms with E-state index >= 15 is 0 Å². The van der Waals surface area contributed by atoms with E-state index in [-0.39, 0.29) is 22.5 Å². The Balaban J connectivity index is 1.91. The van der Waals surface area contributed by atoms with Gasteiger partial charge in [0.2, 0.25) is 15.9 Å². The van der Waals surface area contributed by atoms with Gasteiger partial charge < -0.3 is 10.1 Å². The summed E-state index contributed by atoms with van der Waals surface area (Å²) in [6, 6.07) is 14.0. The SMILES string of the molecule is COCCCN(CC(=O)Nc1cc(C(C)(C)C)nn1-c1cccc(C)c1)S(=O)(=O)c1ccc([N+](=O)[O-])cc1. The maximum absolute atomic E-state index is 13.4. The molecule has 0 aliphatic heterocycles. The fourth-order valence-electron chi connectivity index (χ4n) is 3.69. The second-order valence-corrected chi connectivity index (χ2v) is 11.8. The minimum Gasteiger partial charge on any atom is -0.385 e. The van der Waals surface area contributed by atoms with Crippen molar-refractivity contribution in [2.45, 2.75) is 44.4 Å². The lowest BCUT2D eigenvalue weighted by Crippen LogP contribution is -2.39. The van der Waals surface area contributed by atoms with Crippen LogP contribution in [0, 0.1) is 17.0 Å². The first-order valence-electron chi connectivity index (χ1n) is 12.0. The number of hydrogen-bond acceptors (Lipinski definition) is 7. The molecule has 38 heavy (non-hydrogen) atoms. The Bertz CT molecular complexity index is 1390. The van der Waals surface area contributed by atoms with E-state index in [4.69, 9.17) is 9.84 Å². The Morgan fingerprint density at radius 3 is 2.42 bits per heavy atom. The first kappa shape index (κ1) is 29.0. The van der Waals surface area contributed by atoms with Crippen LogP contribution in [0.5, 0.6) is 0 Å². The van der Waals surface area contributed by atoms with E-state index in [0.717, 1.165) is 45.5 Å². The van der Waals surface area contributed by atoms with Gasteiger partial charge in [0.15, 0.2) is 0 Å². The highest BCUT2D eigenvalue weighted by atomic mass is 32.2. The number of non-ortho nitro benzene ring substituents is 1. The topological polar surface area (TPSA) is 137 Å². The minimum absolute atomic E-state index is 0.0188. The van der Waals surface area contributed by atoms with Crippen LogP contribution in [0.3, 0.4) is 0 Å². The molecule has 0 aliphatic carbocycles. The van der Waals surface area contributed by atoms with Gasteiger partial charge in [-0.05, 0) is 43.2 Å². The highest BCUT2D eigenvalue weighted by Crippen LogP contribution is 2.27. The number of ether oxygens (including phenoxy) is 1. The summed E-state index contributed by atoms with van der Waals surface area (Å²) in [4.78, 5) is 23.4. The second-order valence-electron chi connectivity index (χ2n) is 9.90. The number of nitro groups is 1. The van der Waals surface area contributed by atoms with Gasteiger partial charge in [-0.1, -0.05) is 32.9 Å². The third-order valence-electron chi connectivity index (χ3n) is 5.75. The number of nitrogens with one attached hydrogen (secondary N) is 1. The Labute approximate surface area is 222 Å². The number of carbonyl (C=O) groups is 1. The van der Waals surface area contributed by atoms with Gasteiger partial charge >= 0.3 is 0 Å². The van der Waals surface area contributed by atoms with Gasteiger partial charge in [0.1, 0.15) is 5.82 Å². The lowest BCUT2D eigenvalue weighted by atomic mass is 9.92. The lowest BCUT2D eigenvalue weighted by molar-refractivity contribution is -0.384. The molecule has 0 bridgehead atoms. The number of aryl methyl sites for hydroxylation is 1. The van der Waals surface area contributed by atoms with Crippen molar-refractivity contribution in [1.82, 2.24) is 14.1 Å². The number of hydrogen-bond donors (Lipinski definition) is 1. The van der Waals surface area contributed by atoms with E-state index in [1.807, 2.05) is 52.0 Å². The van der Waals surface area contributed by atoms with E-state index in [9.17, 15) is 23.3 Å². The van der Waals surface area contributed by atoms with E-state index in [0.29, 0.717) is 18.8 Å². The number of nitrogens with zero attached hydrogens (tertiary/aromatic N) is 4. The molecule has 1 N–H and O–H groups in total. The third-order valence-corrected chi connectivity index (χ3v) is 7.61. The van der Waals surface area contributed by atoms with E-state index < -0.39 is 27.4 Å². The summed E-state index contributed by atoms with van der Waals surface area (Å²) in [5, 5.41) is 18.5. The number of carbonyl (C=O) groups excluding carboxylic acids is 1. The number of amides is 1. The molecule has 0 atom stereocenters. The average Bonchev–Trinajstić information content (AvgIpc) is 3.28. The Morgan fingerprint density at radius 1 is 1.16 bits per heavy atom. The van der Waals surface area contributed by atoms with Crippen LogP contribution >= 0.6 is 0 Å². The van der Waals surface area contributed by atoms with Crippen LogP contribution in [0.2, 0.25) is 0 Å². The van der Waals surface area contributed by atoms with Crippen LogP contribution in [0.15, 0.2) is 59.5 Å². The van der Waals surface area contributed by atoms with Crippen molar-refractivity contribution in [2.24, 2.45) is 0 Å². The fraction of sp³-hybridized carbons (Fsp3) is 0.385. The van der Waals surface area contributed by atoms with Crippen molar-refractivity contribution < 1.29 is 22.9 Å². The molecule has 204 valence electrons. The lowest BCUT2D eigenvalue weighted by Gasteiger charge is -2.22. The zero-order valence-electron chi connectivity index (χ0n) is 22.2.